The molecule has 0 atom stereocenters. The van der Waals surface area contributed by atoms with E-state index in [1.165, 1.54) is 19.8 Å². The van der Waals surface area contributed by atoms with Gasteiger partial charge in [0, 0.05) is 12.5 Å². The molecule has 3 heterocycles. The van der Waals surface area contributed by atoms with E-state index in [2.05, 4.69) is 4.98 Å². The van der Waals surface area contributed by atoms with E-state index in [0.717, 1.165) is 18.4 Å². The maximum atomic E-state index is 13.4. The zero-order valence-corrected chi connectivity index (χ0v) is 17.7. The van der Waals surface area contributed by atoms with Crippen LogP contribution in [0.4, 0.5) is 5.69 Å². The number of aromatic nitrogens is 1. The van der Waals surface area contributed by atoms with Crippen LogP contribution in [0.25, 0.3) is 0 Å². The molecule has 8 heteroatoms. The van der Waals surface area contributed by atoms with Crippen molar-refractivity contribution in [3.8, 4) is 5.75 Å². The van der Waals surface area contributed by atoms with Crippen LogP contribution in [0.3, 0.4) is 0 Å². The third-order valence-corrected chi connectivity index (χ3v) is 5.26. The Bertz CT molecular complexity index is 1100. The molecular weight excluding hydrogens is 400 g/mol. The number of para-hydroxylation sites is 1. The number of hydrogen-bond acceptors (Lipinski definition) is 7. The number of nitrogens with zero attached hydrogens (tertiary/aromatic N) is 2. The third-order valence-electron chi connectivity index (χ3n) is 5.26. The van der Waals surface area contributed by atoms with Gasteiger partial charge in [-0.15, -0.1) is 0 Å². The van der Waals surface area contributed by atoms with Crippen LogP contribution in [0, 0.1) is 0 Å². The molecule has 1 aliphatic rings. The molecule has 0 unspecified atom stereocenters. The Hall–Kier alpha value is -3.55. The molecule has 0 N–H and O–H groups in total. The number of esters is 1. The van der Waals surface area contributed by atoms with Crippen molar-refractivity contribution in [1.82, 2.24) is 4.98 Å². The fourth-order valence-corrected chi connectivity index (χ4v) is 3.78. The second-order valence-electron chi connectivity index (χ2n) is 7.58. The zero-order chi connectivity index (χ0) is 22.0. The minimum Gasteiger partial charge on any atom is -0.483 e. The number of aryl methyl sites for hydroxylation is 1. The molecule has 0 fully saturated rings. The van der Waals surface area contributed by atoms with Gasteiger partial charge in [0.2, 0.25) is 0 Å². The molecule has 1 amide bonds. The Balaban J connectivity index is 1.64. The van der Waals surface area contributed by atoms with E-state index in [0.29, 0.717) is 40.8 Å². The maximum absolute atomic E-state index is 13.4. The van der Waals surface area contributed by atoms with Crippen LogP contribution in [0.15, 0.2) is 45.8 Å². The summed E-state index contributed by atoms with van der Waals surface area (Å²) in [6.45, 7) is 4.48. The van der Waals surface area contributed by atoms with Gasteiger partial charge in [0.05, 0.1) is 19.1 Å². The van der Waals surface area contributed by atoms with Crippen molar-refractivity contribution in [2.45, 2.75) is 39.2 Å². The van der Waals surface area contributed by atoms with Gasteiger partial charge in [0.25, 0.3) is 5.91 Å². The summed E-state index contributed by atoms with van der Waals surface area (Å²) < 4.78 is 21.6. The highest BCUT2D eigenvalue weighted by atomic mass is 16.5. The number of furan rings is 1. The van der Waals surface area contributed by atoms with Crippen LogP contribution in [0.1, 0.15) is 64.1 Å². The number of amides is 1. The lowest BCUT2D eigenvalue weighted by atomic mass is 10.00. The molecule has 8 nitrogen and oxygen atoms in total. The summed E-state index contributed by atoms with van der Waals surface area (Å²) in [6, 6.07) is 7.22. The first kappa shape index (κ1) is 20.7. The number of hydrogen-bond donors (Lipinski definition) is 0. The van der Waals surface area contributed by atoms with Crippen molar-refractivity contribution in [3.05, 3.63) is 65.3 Å². The predicted molar refractivity (Wildman–Crippen MR) is 111 cm³/mol. The van der Waals surface area contributed by atoms with E-state index in [9.17, 15) is 9.59 Å². The minimum atomic E-state index is -0.494. The molecule has 0 saturated heterocycles. The van der Waals surface area contributed by atoms with E-state index in [1.807, 2.05) is 26.0 Å². The number of carbonyl (C=O) groups is 2. The second kappa shape index (κ2) is 8.67. The van der Waals surface area contributed by atoms with Crippen molar-refractivity contribution in [2.75, 3.05) is 18.6 Å². The summed E-state index contributed by atoms with van der Waals surface area (Å²) in [6.07, 6.45) is 4.39. The number of rotatable bonds is 6. The lowest BCUT2D eigenvalue weighted by Crippen LogP contribution is -2.36. The van der Waals surface area contributed by atoms with Crippen molar-refractivity contribution in [1.29, 1.82) is 0 Å². The molecule has 0 aliphatic carbocycles. The molecule has 1 aromatic carbocycles. The number of anilines is 1. The van der Waals surface area contributed by atoms with Crippen LogP contribution >= 0.6 is 0 Å². The van der Waals surface area contributed by atoms with Crippen LogP contribution in [-0.2, 0) is 17.8 Å². The number of methoxy groups -OCH3 is 1. The molecule has 162 valence electrons. The van der Waals surface area contributed by atoms with Gasteiger partial charge in [0.15, 0.2) is 17.8 Å². The first-order chi connectivity index (χ1) is 15.0. The normalized spacial score (nSPS) is 13.2. The first-order valence-electron chi connectivity index (χ1n) is 10.2. The van der Waals surface area contributed by atoms with Crippen LogP contribution in [0.2, 0.25) is 0 Å². The lowest BCUT2D eigenvalue weighted by Gasteiger charge is -2.31. The van der Waals surface area contributed by atoms with E-state index in [1.54, 1.807) is 17.0 Å². The van der Waals surface area contributed by atoms with Gasteiger partial charge in [-0.05, 0) is 30.5 Å². The second-order valence-corrected chi connectivity index (χ2v) is 7.58. The quantitative estimate of drug-likeness (QED) is 0.543. The van der Waals surface area contributed by atoms with Gasteiger partial charge in [-0.2, -0.15) is 0 Å². The van der Waals surface area contributed by atoms with Crippen molar-refractivity contribution in [2.24, 2.45) is 0 Å². The Morgan fingerprint density at radius 3 is 2.84 bits per heavy atom. The largest absolute Gasteiger partial charge is 0.483 e. The number of benzene rings is 1. The van der Waals surface area contributed by atoms with Crippen LogP contribution in [0.5, 0.6) is 5.75 Å². The summed E-state index contributed by atoms with van der Waals surface area (Å²) in [5.74, 6) is 0.778. The maximum Gasteiger partial charge on any atom is 0.341 e. The van der Waals surface area contributed by atoms with Gasteiger partial charge in [-0.1, -0.05) is 26.0 Å². The SMILES string of the molecule is COC(=O)c1ccoc1COc1cccc2c1N(C(=O)c1ncoc1C(C)C)CCC2. The van der Waals surface area contributed by atoms with Crippen molar-refractivity contribution in [3.63, 3.8) is 0 Å². The molecule has 31 heavy (non-hydrogen) atoms. The van der Waals surface area contributed by atoms with Gasteiger partial charge < -0.3 is 23.2 Å². The molecule has 4 rings (SSSR count). The Morgan fingerprint density at radius 1 is 1.23 bits per heavy atom. The Morgan fingerprint density at radius 2 is 2.06 bits per heavy atom. The Kier molecular flexibility index (Phi) is 5.79. The smallest absolute Gasteiger partial charge is 0.341 e. The monoisotopic (exact) mass is 424 g/mol. The Labute approximate surface area is 179 Å². The third kappa shape index (κ3) is 3.93. The lowest BCUT2D eigenvalue weighted by molar-refractivity contribution is 0.0595. The zero-order valence-electron chi connectivity index (χ0n) is 17.7. The number of ether oxygens (including phenoxy) is 2. The van der Waals surface area contributed by atoms with E-state index in [4.69, 9.17) is 18.3 Å². The summed E-state index contributed by atoms with van der Waals surface area (Å²) in [5.41, 5.74) is 2.35. The molecule has 0 bridgehead atoms. The topological polar surface area (TPSA) is 95.0 Å². The standard InChI is InChI=1S/C23H24N2O6/c1-14(2)21-19(24-13-31-21)22(26)25-10-5-7-15-6-4-8-17(20(15)25)30-12-18-16(9-11-29-18)23(27)28-3/h4,6,8-9,11,13-14H,5,7,10,12H2,1-3H3. The van der Waals surface area contributed by atoms with Gasteiger partial charge in [-0.25, -0.2) is 9.78 Å². The predicted octanol–water partition coefficient (Wildman–Crippen LogP) is 4.35. The fourth-order valence-electron chi connectivity index (χ4n) is 3.78. The molecule has 0 radical (unpaired) electrons. The molecule has 2 aromatic heterocycles. The van der Waals surface area contributed by atoms with Crippen molar-refractivity contribution >= 4 is 17.6 Å². The van der Waals surface area contributed by atoms with E-state index in [-0.39, 0.29) is 18.4 Å². The molecule has 1 aliphatic heterocycles. The minimum absolute atomic E-state index is 0.0249. The fraction of sp³-hybridized carbons (Fsp3) is 0.348. The highest BCUT2D eigenvalue weighted by molar-refractivity contribution is 6.07. The number of oxazole rings is 1. The highest BCUT2D eigenvalue weighted by Gasteiger charge is 2.31. The van der Waals surface area contributed by atoms with Gasteiger partial charge in [-0.3, -0.25) is 4.79 Å². The summed E-state index contributed by atoms with van der Waals surface area (Å²) in [4.78, 5) is 31.1. The first-order valence-corrected chi connectivity index (χ1v) is 10.2. The average molecular weight is 424 g/mol. The molecule has 0 saturated carbocycles. The van der Waals surface area contributed by atoms with Crippen molar-refractivity contribution < 1.29 is 27.9 Å². The summed E-state index contributed by atoms with van der Waals surface area (Å²) >= 11 is 0. The average Bonchev–Trinajstić information content (AvgIpc) is 3.46. The highest BCUT2D eigenvalue weighted by Crippen LogP contribution is 2.38. The van der Waals surface area contributed by atoms with Gasteiger partial charge >= 0.3 is 5.97 Å². The van der Waals surface area contributed by atoms with Crippen LogP contribution < -0.4 is 9.64 Å². The summed E-state index contributed by atoms with van der Waals surface area (Å²) in [7, 11) is 1.31. The molecule has 0 spiro atoms. The number of carbonyl (C=O) groups excluding carboxylic acids is 2. The van der Waals surface area contributed by atoms with E-state index < -0.39 is 5.97 Å². The molecular formula is C23H24N2O6. The van der Waals surface area contributed by atoms with Crippen LogP contribution in [-0.4, -0.2) is 30.5 Å². The van der Waals surface area contributed by atoms with E-state index >= 15 is 0 Å². The molecule has 3 aromatic rings. The number of fused-ring (bicyclic) bond motifs is 1. The summed E-state index contributed by atoms with van der Waals surface area (Å²) in [5, 5.41) is 0. The van der Waals surface area contributed by atoms with Gasteiger partial charge in [0.1, 0.15) is 23.7 Å².